The Morgan fingerprint density at radius 3 is 2.25 bits per heavy atom. The second kappa shape index (κ2) is 14.9. The minimum Gasteiger partial charge on any atom is -0.493 e. The number of amides is 2. The highest BCUT2D eigenvalue weighted by Crippen LogP contribution is 2.28. The van der Waals surface area contributed by atoms with Gasteiger partial charge in [0.1, 0.15) is 6.54 Å². The number of aromatic amines is 1. The zero-order valence-corrected chi connectivity index (χ0v) is 26.8. The molecule has 1 N–H and O–H groups in total. The Bertz CT molecular complexity index is 1540. The molecule has 4 rings (SSSR count). The predicted molar refractivity (Wildman–Crippen MR) is 175 cm³/mol. The zero-order valence-electron chi connectivity index (χ0n) is 26.8. The summed E-state index contributed by atoms with van der Waals surface area (Å²) >= 11 is 0. The molecule has 3 aromatic carbocycles. The summed E-state index contributed by atoms with van der Waals surface area (Å²) in [7, 11) is 4.83. The number of carbonyl (C=O) groups excluding carboxylic acids is 2. The van der Waals surface area contributed by atoms with Crippen molar-refractivity contribution in [3.63, 3.8) is 0 Å². The van der Waals surface area contributed by atoms with Crippen LogP contribution in [0.1, 0.15) is 54.2 Å². The molecule has 0 bridgehead atoms. The van der Waals surface area contributed by atoms with E-state index in [4.69, 9.17) is 14.2 Å². The number of benzene rings is 3. The molecule has 1 aromatic heterocycles. The molecule has 0 atom stereocenters. The first-order valence-corrected chi connectivity index (χ1v) is 15.1. The smallest absolute Gasteiger partial charge is 0.254 e. The Balaban J connectivity index is 1.58. The van der Waals surface area contributed by atoms with Crippen molar-refractivity contribution in [2.45, 2.75) is 45.6 Å². The Hall–Kier alpha value is -4.30. The van der Waals surface area contributed by atoms with Crippen molar-refractivity contribution in [2.24, 2.45) is 0 Å². The summed E-state index contributed by atoms with van der Waals surface area (Å²) in [6, 6.07) is 21.5. The fraction of sp³-hybridized carbons (Fsp3) is 0.389. The SMILES string of the molecule is COCCCN(CC(=O)N(CCc1c[nH]c2ccccc12)Cc1ccc(OC)c(OC)c1)C(=O)c1ccc(C(C)(C)C)cc1. The molecule has 234 valence electrons. The van der Waals surface area contributed by atoms with Crippen LogP contribution in [0.25, 0.3) is 10.9 Å². The number of rotatable bonds is 14. The second-order valence-electron chi connectivity index (χ2n) is 12.0. The minimum atomic E-state index is -0.169. The van der Waals surface area contributed by atoms with Gasteiger partial charge in [-0.25, -0.2) is 0 Å². The highest BCUT2D eigenvalue weighted by atomic mass is 16.5. The maximum Gasteiger partial charge on any atom is 0.254 e. The number of aromatic nitrogens is 1. The van der Waals surface area contributed by atoms with Crippen molar-refractivity contribution in [3.8, 4) is 11.5 Å². The Labute approximate surface area is 260 Å². The first kappa shape index (κ1) is 32.6. The van der Waals surface area contributed by atoms with Crippen LogP contribution in [0, 0.1) is 0 Å². The van der Waals surface area contributed by atoms with E-state index in [1.807, 2.05) is 71.8 Å². The lowest BCUT2D eigenvalue weighted by Gasteiger charge is -2.28. The molecule has 0 unspecified atom stereocenters. The Morgan fingerprint density at radius 2 is 1.57 bits per heavy atom. The van der Waals surface area contributed by atoms with Crippen LogP contribution in [0.2, 0.25) is 0 Å². The summed E-state index contributed by atoms with van der Waals surface area (Å²) in [4.78, 5) is 34.6. The van der Waals surface area contributed by atoms with Crippen molar-refractivity contribution in [2.75, 3.05) is 47.6 Å². The van der Waals surface area contributed by atoms with Gasteiger partial charge in [0.15, 0.2) is 11.5 Å². The van der Waals surface area contributed by atoms with Crippen molar-refractivity contribution in [1.29, 1.82) is 0 Å². The summed E-state index contributed by atoms with van der Waals surface area (Å²) in [5.74, 6) is 0.929. The van der Waals surface area contributed by atoms with E-state index in [2.05, 4.69) is 31.8 Å². The molecule has 0 fully saturated rings. The number of ether oxygens (including phenoxy) is 3. The third-order valence-corrected chi connectivity index (χ3v) is 7.89. The van der Waals surface area contributed by atoms with Crippen molar-refractivity contribution in [1.82, 2.24) is 14.8 Å². The van der Waals surface area contributed by atoms with Crippen LogP contribution in [0.15, 0.2) is 72.9 Å². The van der Waals surface area contributed by atoms with Gasteiger partial charge in [0.2, 0.25) is 5.91 Å². The molecule has 2 amide bonds. The number of hydrogen-bond acceptors (Lipinski definition) is 5. The lowest BCUT2D eigenvalue weighted by Crippen LogP contribution is -2.44. The van der Waals surface area contributed by atoms with Gasteiger partial charge in [-0.05, 0) is 65.3 Å². The minimum absolute atomic E-state index is 0.0227. The number of methoxy groups -OCH3 is 3. The largest absolute Gasteiger partial charge is 0.493 e. The lowest BCUT2D eigenvalue weighted by molar-refractivity contribution is -0.132. The van der Waals surface area contributed by atoms with E-state index in [0.29, 0.717) is 56.1 Å². The van der Waals surface area contributed by atoms with Gasteiger partial charge in [0.25, 0.3) is 5.91 Å². The van der Waals surface area contributed by atoms with Gasteiger partial charge < -0.3 is 29.0 Å². The molecule has 0 radical (unpaired) electrons. The number of fused-ring (bicyclic) bond motifs is 1. The molecule has 0 aliphatic carbocycles. The van der Waals surface area contributed by atoms with Crippen LogP contribution >= 0.6 is 0 Å². The van der Waals surface area contributed by atoms with Crippen molar-refractivity contribution >= 4 is 22.7 Å². The molecule has 8 nitrogen and oxygen atoms in total. The molecule has 0 aliphatic rings. The number of hydrogen-bond donors (Lipinski definition) is 1. The van der Waals surface area contributed by atoms with Crippen LogP contribution in [-0.2, 0) is 27.9 Å². The molecule has 4 aromatic rings. The van der Waals surface area contributed by atoms with Gasteiger partial charge in [-0.2, -0.15) is 0 Å². The van der Waals surface area contributed by atoms with E-state index in [0.717, 1.165) is 27.6 Å². The molecule has 8 heteroatoms. The average Bonchev–Trinajstić information content (AvgIpc) is 3.44. The van der Waals surface area contributed by atoms with E-state index in [9.17, 15) is 9.59 Å². The number of para-hydroxylation sites is 1. The molecule has 0 aliphatic heterocycles. The summed E-state index contributed by atoms with van der Waals surface area (Å²) in [5, 5.41) is 1.14. The van der Waals surface area contributed by atoms with Gasteiger partial charge in [-0.1, -0.05) is 57.2 Å². The van der Waals surface area contributed by atoms with Crippen LogP contribution in [-0.4, -0.2) is 74.2 Å². The highest BCUT2D eigenvalue weighted by Gasteiger charge is 2.24. The van der Waals surface area contributed by atoms with Gasteiger partial charge >= 0.3 is 0 Å². The fourth-order valence-electron chi connectivity index (χ4n) is 5.30. The fourth-order valence-corrected chi connectivity index (χ4v) is 5.30. The first-order valence-electron chi connectivity index (χ1n) is 15.1. The third-order valence-electron chi connectivity index (χ3n) is 7.89. The van der Waals surface area contributed by atoms with E-state index < -0.39 is 0 Å². The predicted octanol–water partition coefficient (Wildman–Crippen LogP) is 6.23. The molecule has 0 saturated carbocycles. The third kappa shape index (κ3) is 8.20. The molecule has 1 heterocycles. The van der Waals surface area contributed by atoms with E-state index >= 15 is 0 Å². The molecule has 44 heavy (non-hydrogen) atoms. The summed E-state index contributed by atoms with van der Waals surface area (Å²) in [6.45, 7) is 8.14. The highest BCUT2D eigenvalue weighted by molar-refractivity contribution is 5.96. The molecule has 0 spiro atoms. The summed E-state index contributed by atoms with van der Waals surface area (Å²) < 4.78 is 16.2. The van der Waals surface area contributed by atoms with E-state index in [1.165, 1.54) is 0 Å². The first-order chi connectivity index (χ1) is 21.1. The quantitative estimate of drug-likeness (QED) is 0.174. The van der Waals surface area contributed by atoms with Gasteiger partial charge in [0, 0.05) is 56.0 Å². The topological polar surface area (TPSA) is 84.1 Å². The Morgan fingerprint density at radius 1 is 0.841 bits per heavy atom. The van der Waals surface area contributed by atoms with E-state index in [-0.39, 0.29) is 23.8 Å². The summed E-state index contributed by atoms with van der Waals surface area (Å²) in [5.41, 5.74) is 4.80. The van der Waals surface area contributed by atoms with Gasteiger partial charge in [-0.3, -0.25) is 9.59 Å². The number of nitrogens with zero attached hydrogens (tertiary/aromatic N) is 2. The molecular formula is C36H45N3O5. The maximum absolute atomic E-state index is 14.0. The monoisotopic (exact) mass is 599 g/mol. The second-order valence-corrected chi connectivity index (χ2v) is 12.0. The number of H-pyrrole nitrogens is 1. The van der Waals surface area contributed by atoms with Crippen LogP contribution in [0.3, 0.4) is 0 Å². The molecule has 0 saturated heterocycles. The van der Waals surface area contributed by atoms with E-state index in [1.54, 1.807) is 26.2 Å². The van der Waals surface area contributed by atoms with Crippen molar-refractivity contribution < 1.29 is 23.8 Å². The molecular weight excluding hydrogens is 554 g/mol. The normalized spacial score (nSPS) is 11.4. The Kier molecular flexibility index (Phi) is 11.1. The lowest BCUT2D eigenvalue weighted by atomic mass is 9.86. The standard InChI is InChI=1S/C36H45N3O5/c1-36(2,3)29-15-13-27(14-16-29)35(41)39(19-9-21-42-4)25-34(40)38(24-26-12-17-32(43-5)33(22-26)44-6)20-18-28-23-37-31-11-8-7-10-30(28)31/h7-8,10-17,22-23,37H,9,18-21,24-25H2,1-6H3. The van der Waals surface area contributed by atoms with Crippen LogP contribution in [0.5, 0.6) is 11.5 Å². The zero-order chi connectivity index (χ0) is 31.7. The maximum atomic E-state index is 14.0. The van der Waals surface area contributed by atoms with Gasteiger partial charge in [0.05, 0.1) is 14.2 Å². The van der Waals surface area contributed by atoms with Gasteiger partial charge in [-0.15, -0.1) is 0 Å². The van der Waals surface area contributed by atoms with Crippen molar-refractivity contribution in [3.05, 3.63) is 95.2 Å². The van der Waals surface area contributed by atoms with Crippen LogP contribution < -0.4 is 9.47 Å². The summed E-state index contributed by atoms with van der Waals surface area (Å²) in [6.07, 6.45) is 3.29. The van der Waals surface area contributed by atoms with Crippen LogP contribution in [0.4, 0.5) is 0 Å². The number of nitrogens with one attached hydrogen (secondary N) is 1. The average molecular weight is 600 g/mol. The number of carbonyl (C=O) groups is 2.